The summed E-state index contributed by atoms with van der Waals surface area (Å²) in [7, 11) is 1.70. The van der Waals surface area contributed by atoms with Crippen molar-refractivity contribution in [2.75, 3.05) is 7.11 Å². The fraction of sp³-hybridized carbons (Fsp3) is 0.0435. The highest BCUT2D eigenvalue weighted by molar-refractivity contribution is 6.01. The largest absolute Gasteiger partial charge is 0.497 e. The highest BCUT2D eigenvalue weighted by Crippen LogP contribution is 2.34. The van der Waals surface area contributed by atoms with E-state index in [0.717, 1.165) is 5.75 Å². The SMILES string of the molecule is COc1ccc(-c2cc3ccccc3n3c2cc2ccccc23)cc1. The molecular formula is C23H17NO. The van der Waals surface area contributed by atoms with Gasteiger partial charge in [0.25, 0.3) is 0 Å². The lowest BCUT2D eigenvalue weighted by molar-refractivity contribution is 0.415. The van der Waals surface area contributed by atoms with Crippen LogP contribution in [0.4, 0.5) is 0 Å². The number of nitrogens with zero attached hydrogens (tertiary/aromatic N) is 1. The van der Waals surface area contributed by atoms with E-state index in [4.69, 9.17) is 4.74 Å². The minimum absolute atomic E-state index is 0.876. The molecule has 25 heavy (non-hydrogen) atoms. The third kappa shape index (κ3) is 2.11. The molecule has 0 aliphatic heterocycles. The van der Waals surface area contributed by atoms with Crippen molar-refractivity contribution in [3.05, 3.63) is 84.9 Å². The molecular weight excluding hydrogens is 306 g/mol. The monoisotopic (exact) mass is 323 g/mol. The molecule has 5 rings (SSSR count). The number of benzene rings is 3. The average Bonchev–Trinajstić information content (AvgIpc) is 3.07. The van der Waals surface area contributed by atoms with Gasteiger partial charge in [-0.15, -0.1) is 0 Å². The van der Waals surface area contributed by atoms with Gasteiger partial charge in [-0.1, -0.05) is 48.5 Å². The number of pyridine rings is 1. The first kappa shape index (κ1) is 14.1. The van der Waals surface area contributed by atoms with Crippen molar-refractivity contribution in [2.45, 2.75) is 0 Å². The van der Waals surface area contributed by atoms with Gasteiger partial charge in [0.2, 0.25) is 0 Å². The van der Waals surface area contributed by atoms with Crippen LogP contribution in [0.25, 0.3) is 38.4 Å². The van der Waals surface area contributed by atoms with Gasteiger partial charge in [0.1, 0.15) is 5.75 Å². The minimum atomic E-state index is 0.876. The van der Waals surface area contributed by atoms with Gasteiger partial charge in [-0.25, -0.2) is 0 Å². The van der Waals surface area contributed by atoms with E-state index in [1.54, 1.807) is 7.11 Å². The molecule has 0 bridgehead atoms. The van der Waals surface area contributed by atoms with E-state index in [9.17, 15) is 0 Å². The number of methoxy groups -OCH3 is 1. The zero-order valence-electron chi connectivity index (χ0n) is 13.9. The normalized spacial score (nSPS) is 11.4. The van der Waals surface area contributed by atoms with Gasteiger partial charge in [-0.05, 0) is 47.3 Å². The molecule has 2 nitrogen and oxygen atoms in total. The molecule has 5 aromatic rings. The van der Waals surface area contributed by atoms with Gasteiger partial charge in [-0.3, -0.25) is 0 Å². The molecule has 0 fully saturated rings. The fourth-order valence-electron chi connectivity index (χ4n) is 3.66. The second-order valence-corrected chi connectivity index (χ2v) is 6.27. The van der Waals surface area contributed by atoms with Crippen molar-refractivity contribution in [3.63, 3.8) is 0 Å². The Balaban J connectivity index is 1.94. The van der Waals surface area contributed by atoms with E-state index in [2.05, 4.69) is 77.2 Å². The van der Waals surface area contributed by atoms with E-state index in [0.29, 0.717) is 0 Å². The van der Waals surface area contributed by atoms with E-state index in [1.165, 1.54) is 38.4 Å². The Morgan fingerprint density at radius 2 is 1.24 bits per heavy atom. The van der Waals surface area contributed by atoms with Crippen molar-refractivity contribution in [1.29, 1.82) is 0 Å². The molecule has 0 amide bonds. The molecule has 2 aromatic heterocycles. The number of para-hydroxylation sites is 2. The van der Waals surface area contributed by atoms with Crippen LogP contribution in [-0.4, -0.2) is 11.5 Å². The quantitative estimate of drug-likeness (QED) is 0.393. The van der Waals surface area contributed by atoms with Crippen LogP contribution in [0.5, 0.6) is 5.75 Å². The molecule has 0 spiro atoms. The lowest BCUT2D eigenvalue weighted by atomic mass is 10.0. The Bertz CT molecular complexity index is 1220. The highest BCUT2D eigenvalue weighted by atomic mass is 16.5. The molecule has 120 valence electrons. The van der Waals surface area contributed by atoms with Gasteiger partial charge in [0, 0.05) is 10.9 Å². The van der Waals surface area contributed by atoms with Crippen LogP contribution in [0.3, 0.4) is 0 Å². The molecule has 0 aliphatic rings. The predicted molar refractivity (Wildman–Crippen MR) is 104 cm³/mol. The van der Waals surface area contributed by atoms with E-state index < -0.39 is 0 Å². The van der Waals surface area contributed by atoms with Crippen LogP contribution in [0.2, 0.25) is 0 Å². The number of ether oxygens (including phenoxy) is 1. The minimum Gasteiger partial charge on any atom is -0.497 e. The lowest BCUT2D eigenvalue weighted by Crippen LogP contribution is -1.91. The maximum atomic E-state index is 5.31. The lowest BCUT2D eigenvalue weighted by Gasteiger charge is -2.11. The van der Waals surface area contributed by atoms with E-state index in [-0.39, 0.29) is 0 Å². The maximum Gasteiger partial charge on any atom is 0.118 e. The number of hydrogen-bond acceptors (Lipinski definition) is 1. The molecule has 0 unspecified atom stereocenters. The molecule has 0 saturated carbocycles. The number of aromatic nitrogens is 1. The number of fused-ring (bicyclic) bond motifs is 5. The van der Waals surface area contributed by atoms with Crippen molar-refractivity contribution < 1.29 is 4.74 Å². The Labute approximate surface area is 145 Å². The smallest absolute Gasteiger partial charge is 0.118 e. The molecule has 3 aromatic carbocycles. The summed E-state index contributed by atoms with van der Waals surface area (Å²) in [5, 5.41) is 2.50. The van der Waals surface area contributed by atoms with Gasteiger partial charge in [0.05, 0.1) is 23.7 Å². The fourth-order valence-corrected chi connectivity index (χ4v) is 3.66. The van der Waals surface area contributed by atoms with Gasteiger partial charge in [-0.2, -0.15) is 0 Å². The van der Waals surface area contributed by atoms with Crippen LogP contribution >= 0.6 is 0 Å². The maximum absolute atomic E-state index is 5.31. The van der Waals surface area contributed by atoms with Crippen molar-refractivity contribution in [1.82, 2.24) is 4.40 Å². The van der Waals surface area contributed by atoms with E-state index >= 15 is 0 Å². The standard InChI is InChI=1S/C23H17NO/c1-25-19-12-10-16(11-13-19)20-14-17-6-2-4-8-21(17)24-22-9-5-3-7-18(22)15-23(20)24/h2-15H,1H3. The molecule has 2 heteroatoms. The van der Waals surface area contributed by atoms with Crippen LogP contribution in [0.15, 0.2) is 84.9 Å². The third-order valence-corrected chi connectivity index (χ3v) is 4.87. The molecule has 2 heterocycles. The van der Waals surface area contributed by atoms with E-state index in [1.807, 2.05) is 12.1 Å². The molecule has 0 aliphatic carbocycles. The molecule has 0 atom stereocenters. The summed E-state index contributed by atoms with van der Waals surface area (Å²) in [5.74, 6) is 0.876. The first-order valence-corrected chi connectivity index (χ1v) is 8.41. The molecule has 0 saturated heterocycles. The Hall–Kier alpha value is -3.26. The summed E-state index contributed by atoms with van der Waals surface area (Å²) in [6, 6.07) is 30.0. The van der Waals surface area contributed by atoms with Crippen LogP contribution in [0.1, 0.15) is 0 Å². The summed E-state index contributed by atoms with van der Waals surface area (Å²) in [6.07, 6.45) is 0. The summed E-state index contributed by atoms with van der Waals surface area (Å²) < 4.78 is 7.67. The molecule has 0 radical (unpaired) electrons. The highest BCUT2D eigenvalue weighted by Gasteiger charge is 2.12. The Morgan fingerprint density at radius 3 is 1.88 bits per heavy atom. The Kier molecular flexibility index (Phi) is 3.04. The van der Waals surface area contributed by atoms with Crippen molar-refractivity contribution >= 4 is 27.3 Å². The second-order valence-electron chi connectivity index (χ2n) is 6.27. The first-order chi connectivity index (χ1) is 12.3. The number of hydrogen-bond donors (Lipinski definition) is 0. The van der Waals surface area contributed by atoms with Crippen LogP contribution < -0.4 is 4.74 Å². The van der Waals surface area contributed by atoms with Gasteiger partial charge < -0.3 is 9.14 Å². The topological polar surface area (TPSA) is 13.6 Å². The van der Waals surface area contributed by atoms with Crippen molar-refractivity contribution in [3.8, 4) is 16.9 Å². The predicted octanol–water partition coefficient (Wildman–Crippen LogP) is 5.92. The third-order valence-electron chi connectivity index (χ3n) is 4.87. The van der Waals surface area contributed by atoms with Gasteiger partial charge in [0.15, 0.2) is 0 Å². The van der Waals surface area contributed by atoms with Gasteiger partial charge >= 0.3 is 0 Å². The number of rotatable bonds is 2. The summed E-state index contributed by atoms with van der Waals surface area (Å²) in [5.41, 5.74) is 6.13. The zero-order chi connectivity index (χ0) is 16.8. The Morgan fingerprint density at radius 1 is 0.640 bits per heavy atom. The average molecular weight is 323 g/mol. The first-order valence-electron chi connectivity index (χ1n) is 8.41. The molecule has 0 N–H and O–H groups in total. The summed E-state index contributed by atoms with van der Waals surface area (Å²) in [6.45, 7) is 0. The second kappa shape index (κ2) is 5.38. The van der Waals surface area contributed by atoms with Crippen LogP contribution in [0, 0.1) is 0 Å². The summed E-state index contributed by atoms with van der Waals surface area (Å²) >= 11 is 0. The van der Waals surface area contributed by atoms with Crippen LogP contribution in [-0.2, 0) is 0 Å². The van der Waals surface area contributed by atoms with Crippen molar-refractivity contribution in [2.24, 2.45) is 0 Å². The summed E-state index contributed by atoms with van der Waals surface area (Å²) in [4.78, 5) is 0. The zero-order valence-corrected chi connectivity index (χ0v) is 13.9.